The van der Waals surface area contributed by atoms with Crippen LogP contribution in [0.25, 0.3) is 0 Å². The summed E-state index contributed by atoms with van der Waals surface area (Å²) in [4.78, 5) is 10.8. The molecule has 1 unspecified atom stereocenters. The van der Waals surface area contributed by atoms with Crippen molar-refractivity contribution in [2.75, 3.05) is 7.11 Å². The number of nitrogens with one attached hydrogen (secondary N) is 1. The van der Waals surface area contributed by atoms with Crippen molar-refractivity contribution in [1.29, 1.82) is 0 Å². The second-order valence-electron chi connectivity index (χ2n) is 3.76. The van der Waals surface area contributed by atoms with Crippen molar-refractivity contribution >= 4 is 17.5 Å². The Hall–Kier alpha value is -0.530. The van der Waals surface area contributed by atoms with Crippen LogP contribution < -0.4 is 5.32 Å². The van der Waals surface area contributed by atoms with Gasteiger partial charge in [-0.15, -0.1) is 0 Å². The van der Waals surface area contributed by atoms with Gasteiger partial charge in [-0.2, -0.15) is 13.2 Å². The molecule has 4 nitrogen and oxygen atoms in total. The predicted molar refractivity (Wildman–Crippen MR) is 53.6 cm³/mol. The first-order valence-electron chi connectivity index (χ1n) is 4.95. The second kappa shape index (κ2) is 5.41. The molecule has 0 aromatic heterocycles. The van der Waals surface area contributed by atoms with Gasteiger partial charge in [-0.3, -0.25) is 4.79 Å². The molecule has 0 saturated carbocycles. The van der Waals surface area contributed by atoms with E-state index in [0.29, 0.717) is 0 Å². The Morgan fingerprint density at radius 3 is 2.59 bits per heavy atom. The number of carbonyl (C=O) groups is 1. The summed E-state index contributed by atoms with van der Waals surface area (Å²) in [5, 5.41) is 1.87. The number of rotatable bonds is 2. The van der Waals surface area contributed by atoms with E-state index in [1.54, 1.807) is 6.92 Å². The minimum absolute atomic E-state index is 0.0617. The molecule has 8 heteroatoms. The Morgan fingerprint density at radius 1 is 1.53 bits per heavy atom. The van der Waals surface area contributed by atoms with Gasteiger partial charge in [0.1, 0.15) is 11.7 Å². The van der Waals surface area contributed by atoms with E-state index >= 15 is 0 Å². The number of halogens is 4. The van der Waals surface area contributed by atoms with Crippen LogP contribution in [-0.4, -0.2) is 43.0 Å². The fourth-order valence-electron chi connectivity index (χ4n) is 1.77. The number of carbonyl (C=O) groups excluding carboxylic acids is 1. The maximum atomic E-state index is 12.1. The molecular formula is C9H13ClF3NO3. The van der Waals surface area contributed by atoms with Crippen LogP contribution in [0.3, 0.4) is 0 Å². The number of ether oxygens (including phenoxy) is 2. The molecule has 0 aromatic carbocycles. The number of hydrogen-bond acceptors (Lipinski definition) is 3. The van der Waals surface area contributed by atoms with Gasteiger partial charge in [-0.05, 0) is 6.92 Å². The van der Waals surface area contributed by atoms with E-state index in [4.69, 9.17) is 21.1 Å². The Kier molecular flexibility index (Phi) is 4.62. The van der Waals surface area contributed by atoms with Crippen molar-refractivity contribution in [3.05, 3.63) is 0 Å². The zero-order valence-electron chi connectivity index (χ0n) is 9.25. The molecule has 1 aliphatic rings. The summed E-state index contributed by atoms with van der Waals surface area (Å²) in [6.07, 6.45) is -6.00. The second-order valence-corrected chi connectivity index (χ2v) is 4.25. The monoisotopic (exact) mass is 275 g/mol. The summed E-state index contributed by atoms with van der Waals surface area (Å²) in [5.41, 5.74) is -0.741. The van der Waals surface area contributed by atoms with E-state index in [-0.39, 0.29) is 6.42 Å². The Labute approximate surface area is 101 Å². The van der Waals surface area contributed by atoms with Crippen LogP contribution in [0.15, 0.2) is 0 Å². The van der Waals surface area contributed by atoms with Gasteiger partial charge in [-0.25, -0.2) is 0 Å². The maximum Gasteiger partial charge on any atom is 0.471 e. The van der Waals surface area contributed by atoms with Gasteiger partial charge in [0.2, 0.25) is 0 Å². The minimum Gasteiger partial charge on any atom is -0.377 e. The first kappa shape index (κ1) is 14.5. The van der Waals surface area contributed by atoms with Crippen LogP contribution in [-0.2, 0) is 14.3 Å². The molecular weight excluding hydrogens is 263 g/mol. The van der Waals surface area contributed by atoms with E-state index in [0.717, 1.165) is 0 Å². The molecule has 1 saturated heterocycles. The van der Waals surface area contributed by atoms with E-state index in [9.17, 15) is 18.0 Å². The van der Waals surface area contributed by atoms with Crippen LogP contribution in [0.1, 0.15) is 13.3 Å². The molecule has 0 aliphatic carbocycles. The molecule has 1 fully saturated rings. The Morgan fingerprint density at radius 2 is 2.12 bits per heavy atom. The highest BCUT2D eigenvalue weighted by atomic mass is 35.5. The minimum atomic E-state index is -4.92. The lowest BCUT2D eigenvalue weighted by atomic mass is 10.00. The predicted octanol–water partition coefficient (Wildman–Crippen LogP) is 1.42. The Bertz CT molecular complexity index is 287. The molecule has 1 heterocycles. The molecule has 0 spiro atoms. The largest absolute Gasteiger partial charge is 0.471 e. The number of hydrogen-bond donors (Lipinski definition) is 1. The summed E-state index contributed by atoms with van der Waals surface area (Å²) in [6, 6.07) is -0.819. The fourth-order valence-corrected chi connectivity index (χ4v) is 2.13. The third-order valence-electron chi connectivity index (χ3n) is 2.51. The summed E-state index contributed by atoms with van der Waals surface area (Å²) in [5.74, 6) is -2.00. The van der Waals surface area contributed by atoms with E-state index < -0.39 is 35.9 Å². The summed E-state index contributed by atoms with van der Waals surface area (Å²) in [7, 11) is 1.34. The maximum absolute atomic E-state index is 12.1. The summed E-state index contributed by atoms with van der Waals surface area (Å²) < 4.78 is 46.5. The van der Waals surface area contributed by atoms with Crippen molar-refractivity contribution in [1.82, 2.24) is 5.32 Å². The average molecular weight is 276 g/mol. The molecule has 0 bridgehead atoms. The van der Waals surface area contributed by atoms with Gasteiger partial charge in [0, 0.05) is 13.5 Å². The molecule has 1 aliphatic heterocycles. The SMILES string of the molecule is CO[C@H]1[C@@H](NC(=O)C(F)(F)F)CC(Cl)O[C@@H]1C. The topological polar surface area (TPSA) is 47.6 Å². The van der Waals surface area contributed by atoms with Crippen LogP contribution in [0, 0.1) is 0 Å². The van der Waals surface area contributed by atoms with Crippen molar-refractivity contribution in [3.8, 4) is 0 Å². The lowest BCUT2D eigenvalue weighted by molar-refractivity contribution is -0.178. The van der Waals surface area contributed by atoms with E-state index in [2.05, 4.69) is 0 Å². The van der Waals surface area contributed by atoms with Gasteiger partial charge in [0.15, 0.2) is 0 Å². The highest BCUT2D eigenvalue weighted by Gasteiger charge is 2.43. The average Bonchev–Trinajstić information content (AvgIpc) is 2.15. The van der Waals surface area contributed by atoms with E-state index in [1.807, 2.05) is 5.32 Å². The van der Waals surface area contributed by atoms with Crippen molar-refractivity contribution in [2.45, 2.75) is 43.3 Å². The van der Waals surface area contributed by atoms with Gasteiger partial charge in [0.05, 0.1) is 12.1 Å². The van der Waals surface area contributed by atoms with Crippen LogP contribution in [0.2, 0.25) is 0 Å². The first-order chi connectivity index (χ1) is 7.75. The zero-order valence-corrected chi connectivity index (χ0v) is 10.0. The number of amides is 1. The summed E-state index contributed by atoms with van der Waals surface area (Å²) >= 11 is 5.72. The molecule has 100 valence electrons. The van der Waals surface area contributed by atoms with Gasteiger partial charge >= 0.3 is 12.1 Å². The lowest BCUT2D eigenvalue weighted by Crippen LogP contribution is -2.56. The van der Waals surface area contributed by atoms with Crippen LogP contribution in [0.4, 0.5) is 13.2 Å². The molecule has 0 radical (unpaired) electrons. The molecule has 1 rings (SSSR count). The quantitative estimate of drug-likeness (QED) is 0.776. The van der Waals surface area contributed by atoms with Crippen LogP contribution in [0.5, 0.6) is 0 Å². The first-order valence-corrected chi connectivity index (χ1v) is 5.39. The van der Waals surface area contributed by atoms with Gasteiger partial charge < -0.3 is 14.8 Å². The van der Waals surface area contributed by atoms with Crippen molar-refractivity contribution in [2.24, 2.45) is 0 Å². The van der Waals surface area contributed by atoms with Crippen molar-refractivity contribution in [3.63, 3.8) is 0 Å². The molecule has 4 atom stereocenters. The smallest absolute Gasteiger partial charge is 0.377 e. The number of alkyl halides is 4. The lowest BCUT2D eigenvalue weighted by Gasteiger charge is -2.38. The third-order valence-corrected chi connectivity index (χ3v) is 2.79. The number of methoxy groups -OCH3 is 1. The zero-order chi connectivity index (χ0) is 13.2. The summed E-state index contributed by atoms with van der Waals surface area (Å²) in [6.45, 7) is 1.62. The highest BCUT2D eigenvalue weighted by molar-refractivity contribution is 6.19. The van der Waals surface area contributed by atoms with Crippen molar-refractivity contribution < 1.29 is 27.4 Å². The van der Waals surface area contributed by atoms with Gasteiger partial charge in [-0.1, -0.05) is 11.6 Å². The molecule has 1 N–H and O–H groups in total. The Balaban J connectivity index is 2.69. The molecule has 1 amide bonds. The third kappa shape index (κ3) is 3.72. The highest BCUT2D eigenvalue weighted by Crippen LogP contribution is 2.25. The standard InChI is InChI=1S/C9H13ClF3NO3/c1-4-7(16-2)5(3-6(10)17-4)14-8(15)9(11,12)13/h4-7H,3H2,1-2H3,(H,14,15)/t4-,5+,6?,7-/m1/s1. The molecule has 0 aromatic rings. The van der Waals surface area contributed by atoms with Gasteiger partial charge in [0.25, 0.3) is 0 Å². The molecule has 17 heavy (non-hydrogen) atoms. The van der Waals surface area contributed by atoms with Crippen LogP contribution >= 0.6 is 11.6 Å². The van der Waals surface area contributed by atoms with E-state index in [1.165, 1.54) is 7.11 Å². The fraction of sp³-hybridized carbons (Fsp3) is 0.889. The normalized spacial score (nSPS) is 34.5.